The average Bonchev–Trinajstić information content (AvgIpc) is 2.97. The van der Waals surface area contributed by atoms with Crippen LogP contribution in [0.25, 0.3) is 38.1 Å². The molecule has 0 atom stereocenters. The van der Waals surface area contributed by atoms with Crippen LogP contribution in [-0.2, 0) is 9.84 Å². The van der Waals surface area contributed by atoms with Crippen molar-refractivity contribution in [3.8, 4) is 0 Å². The molecule has 0 spiro atoms. The van der Waals surface area contributed by atoms with E-state index < -0.39 is 9.84 Å². The van der Waals surface area contributed by atoms with Crippen molar-refractivity contribution in [2.45, 2.75) is 9.79 Å². The first-order valence-electron chi connectivity index (χ1n) is 12.5. The molecule has 0 aliphatic carbocycles. The highest BCUT2D eigenvalue weighted by atomic mass is 32.2. The van der Waals surface area contributed by atoms with E-state index in [-0.39, 0.29) is 20.6 Å². The summed E-state index contributed by atoms with van der Waals surface area (Å²) in [7, 11) is -3.71. The minimum absolute atomic E-state index is 0.116. The lowest BCUT2D eigenvalue weighted by atomic mass is 10.0. The summed E-state index contributed by atoms with van der Waals surface area (Å²) in [5, 5.41) is 2.04. The van der Waals surface area contributed by atoms with Crippen molar-refractivity contribution in [1.29, 1.82) is 0 Å². The molecular formula is C32H18N2O4S. The molecule has 0 radical (unpaired) electrons. The maximum Gasteiger partial charge on any atom is 0.210 e. The number of sulfone groups is 1. The number of pyridine rings is 2. The van der Waals surface area contributed by atoms with Gasteiger partial charge in [0.25, 0.3) is 0 Å². The Labute approximate surface area is 221 Å². The zero-order valence-corrected chi connectivity index (χ0v) is 21.1. The van der Waals surface area contributed by atoms with Crippen LogP contribution in [0, 0.1) is 0 Å². The van der Waals surface area contributed by atoms with Gasteiger partial charge in [-0.2, -0.15) is 0 Å². The van der Waals surface area contributed by atoms with Crippen molar-refractivity contribution in [3.05, 3.63) is 130 Å². The molecule has 0 unspecified atom stereocenters. The highest BCUT2D eigenvalue weighted by molar-refractivity contribution is 7.92. The van der Waals surface area contributed by atoms with Crippen LogP contribution >= 0.6 is 0 Å². The van der Waals surface area contributed by atoms with Gasteiger partial charge in [0.05, 0.1) is 37.7 Å². The number of para-hydroxylation sites is 4. The van der Waals surface area contributed by atoms with Gasteiger partial charge in [0.1, 0.15) is 0 Å². The Bertz CT molecular complexity index is 2340. The van der Waals surface area contributed by atoms with Crippen LogP contribution in [0.1, 0.15) is 0 Å². The average molecular weight is 527 g/mol. The number of aromatic nitrogens is 1. The zero-order valence-electron chi connectivity index (χ0n) is 20.3. The fraction of sp³-hybridized carbons (Fsp3) is 0. The Morgan fingerprint density at radius 2 is 1.05 bits per heavy atom. The number of hydrogen-bond acceptors (Lipinski definition) is 5. The molecule has 0 saturated carbocycles. The monoisotopic (exact) mass is 526 g/mol. The molecule has 2 aromatic heterocycles. The van der Waals surface area contributed by atoms with E-state index in [2.05, 4.69) is 0 Å². The summed E-state index contributed by atoms with van der Waals surface area (Å²) in [6.45, 7) is 0. The van der Waals surface area contributed by atoms with Gasteiger partial charge in [-0.1, -0.05) is 42.5 Å². The Balaban J connectivity index is 1.56. The number of rotatable bonds is 1. The molecule has 5 aromatic carbocycles. The first-order chi connectivity index (χ1) is 19.0. The molecule has 0 fully saturated rings. The highest BCUT2D eigenvalue weighted by Crippen LogP contribution is 2.48. The van der Waals surface area contributed by atoms with E-state index in [9.17, 15) is 18.0 Å². The SMILES string of the molecule is O=c1c2ccccc2n2c3cc(N4c5ccccc5S(=O)(=O)c5ccccc54)ccc3c(=O)c3cccc1c32. The maximum absolute atomic E-state index is 13.7. The molecule has 7 heteroatoms. The van der Waals surface area contributed by atoms with Crippen LogP contribution < -0.4 is 15.8 Å². The van der Waals surface area contributed by atoms with Gasteiger partial charge in [-0.25, -0.2) is 8.42 Å². The van der Waals surface area contributed by atoms with E-state index in [0.29, 0.717) is 55.2 Å². The second-order valence-corrected chi connectivity index (χ2v) is 11.6. The van der Waals surface area contributed by atoms with Crippen molar-refractivity contribution in [2.75, 3.05) is 4.90 Å². The van der Waals surface area contributed by atoms with Gasteiger partial charge in [-0.15, -0.1) is 0 Å². The molecule has 8 rings (SSSR count). The quantitative estimate of drug-likeness (QED) is 0.189. The molecule has 0 N–H and O–H groups in total. The fourth-order valence-corrected chi connectivity index (χ4v) is 7.59. The Morgan fingerprint density at radius 1 is 0.513 bits per heavy atom. The van der Waals surface area contributed by atoms with E-state index in [1.54, 1.807) is 66.7 Å². The third kappa shape index (κ3) is 2.77. The fourth-order valence-electron chi connectivity index (χ4n) is 5.97. The normalized spacial score (nSPS) is 14.2. The zero-order chi connectivity index (χ0) is 26.5. The summed E-state index contributed by atoms with van der Waals surface area (Å²) in [6, 6.07) is 32.1. The second kappa shape index (κ2) is 7.52. The molecule has 0 amide bonds. The smallest absolute Gasteiger partial charge is 0.210 e. The molecule has 6 nitrogen and oxygen atoms in total. The molecule has 0 saturated heterocycles. The first kappa shape index (κ1) is 22.0. The van der Waals surface area contributed by atoms with Crippen molar-refractivity contribution in [3.63, 3.8) is 0 Å². The third-order valence-corrected chi connectivity index (χ3v) is 9.50. The van der Waals surface area contributed by atoms with E-state index in [1.165, 1.54) is 0 Å². The number of nitrogens with zero attached hydrogens (tertiary/aromatic N) is 2. The minimum Gasteiger partial charge on any atom is -0.308 e. The lowest BCUT2D eigenvalue weighted by Crippen LogP contribution is -2.22. The van der Waals surface area contributed by atoms with Crippen LogP contribution in [0.4, 0.5) is 17.1 Å². The van der Waals surface area contributed by atoms with Crippen molar-refractivity contribution in [2.24, 2.45) is 0 Å². The van der Waals surface area contributed by atoms with Crippen LogP contribution in [-0.4, -0.2) is 12.8 Å². The van der Waals surface area contributed by atoms with Crippen molar-refractivity contribution in [1.82, 2.24) is 4.40 Å². The summed E-state index contributed by atoms with van der Waals surface area (Å²) >= 11 is 0. The molecule has 39 heavy (non-hydrogen) atoms. The molecule has 1 aliphatic rings. The van der Waals surface area contributed by atoms with Crippen LogP contribution in [0.15, 0.2) is 129 Å². The minimum atomic E-state index is -3.71. The van der Waals surface area contributed by atoms with E-state index >= 15 is 0 Å². The molecular weight excluding hydrogens is 508 g/mol. The Morgan fingerprint density at radius 3 is 1.72 bits per heavy atom. The Kier molecular flexibility index (Phi) is 4.25. The maximum atomic E-state index is 13.7. The van der Waals surface area contributed by atoms with Crippen molar-refractivity contribution < 1.29 is 8.42 Å². The molecule has 0 bridgehead atoms. The highest BCUT2D eigenvalue weighted by Gasteiger charge is 2.34. The largest absolute Gasteiger partial charge is 0.308 e. The summed E-state index contributed by atoms with van der Waals surface area (Å²) in [4.78, 5) is 29.5. The number of benzene rings is 5. The van der Waals surface area contributed by atoms with E-state index in [0.717, 1.165) is 0 Å². The number of anilines is 3. The number of hydrogen-bond donors (Lipinski definition) is 0. The molecule has 7 aromatic rings. The summed E-state index contributed by atoms with van der Waals surface area (Å²) in [5.74, 6) is 0. The lowest BCUT2D eigenvalue weighted by Gasteiger charge is -2.33. The third-order valence-electron chi connectivity index (χ3n) is 7.65. The standard InChI is InChI=1S/C32H18N2O4S/c35-31-20-8-1-2-11-24(20)34-27-18-19(16-17-21(27)32(36)23-10-7-9-22(31)30(23)34)33-25-12-3-5-14-28(25)39(37,38)29-15-6-4-13-26(29)33/h1-18H. The molecule has 186 valence electrons. The number of fused-ring (bicyclic) bond motifs is 6. The van der Waals surface area contributed by atoms with Crippen LogP contribution in [0.3, 0.4) is 0 Å². The van der Waals surface area contributed by atoms with Gasteiger partial charge >= 0.3 is 0 Å². The van der Waals surface area contributed by atoms with Gasteiger partial charge in [-0.3, -0.25) is 9.59 Å². The van der Waals surface area contributed by atoms with Gasteiger partial charge in [0.2, 0.25) is 9.84 Å². The first-order valence-corrected chi connectivity index (χ1v) is 13.9. The summed E-state index contributed by atoms with van der Waals surface area (Å²) in [6.07, 6.45) is 0. The van der Waals surface area contributed by atoms with Gasteiger partial charge in [0, 0.05) is 27.2 Å². The topological polar surface area (TPSA) is 75.9 Å². The van der Waals surface area contributed by atoms with Crippen LogP contribution in [0.5, 0.6) is 0 Å². The van der Waals surface area contributed by atoms with Crippen LogP contribution in [0.2, 0.25) is 0 Å². The van der Waals surface area contributed by atoms with E-state index in [4.69, 9.17) is 0 Å². The second-order valence-electron chi connectivity index (χ2n) is 9.69. The lowest BCUT2D eigenvalue weighted by molar-refractivity contribution is 0.595. The summed E-state index contributed by atoms with van der Waals surface area (Å²) in [5.41, 5.74) is 3.43. The predicted octanol–water partition coefficient (Wildman–Crippen LogP) is 6.17. The predicted molar refractivity (Wildman–Crippen MR) is 154 cm³/mol. The van der Waals surface area contributed by atoms with Gasteiger partial charge in [-0.05, 0) is 66.7 Å². The van der Waals surface area contributed by atoms with Gasteiger partial charge in [0.15, 0.2) is 10.9 Å². The van der Waals surface area contributed by atoms with Crippen molar-refractivity contribution >= 4 is 65.0 Å². The molecule has 3 heterocycles. The van der Waals surface area contributed by atoms with Gasteiger partial charge < -0.3 is 9.30 Å². The summed E-state index contributed by atoms with van der Waals surface area (Å²) < 4.78 is 29.0. The molecule has 1 aliphatic heterocycles. The Hall–Kier alpha value is -5.01. The van der Waals surface area contributed by atoms with E-state index in [1.807, 2.05) is 51.8 Å².